The van der Waals surface area contributed by atoms with E-state index < -0.39 is 0 Å². The van der Waals surface area contributed by atoms with E-state index in [2.05, 4.69) is 27.4 Å². The number of hydrogen-bond acceptors (Lipinski definition) is 5. The van der Waals surface area contributed by atoms with Gasteiger partial charge in [-0.2, -0.15) is 0 Å². The number of rotatable bonds is 6. The van der Waals surface area contributed by atoms with Gasteiger partial charge in [-0.15, -0.1) is 0 Å². The number of benzene rings is 1. The van der Waals surface area contributed by atoms with Crippen molar-refractivity contribution in [3.63, 3.8) is 0 Å². The SMILES string of the molecule is CC(C)Oc1nccnc1NC[C@H]1CC(=O)N(C)[C@@H]1c1ccccc1. The average molecular weight is 340 g/mol. The molecule has 6 nitrogen and oxygen atoms in total. The first-order valence-corrected chi connectivity index (χ1v) is 8.58. The van der Waals surface area contributed by atoms with E-state index in [1.807, 2.05) is 44.0 Å². The number of aromatic nitrogens is 2. The Morgan fingerprint density at radius 3 is 2.68 bits per heavy atom. The van der Waals surface area contributed by atoms with Crippen molar-refractivity contribution < 1.29 is 9.53 Å². The van der Waals surface area contributed by atoms with Gasteiger partial charge in [0.05, 0.1) is 12.1 Å². The molecule has 2 heterocycles. The van der Waals surface area contributed by atoms with E-state index in [0.29, 0.717) is 24.7 Å². The van der Waals surface area contributed by atoms with Crippen molar-refractivity contribution in [3.8, 4) is 5.88 Å². The van der Waals surface area contributed by atoms with Crippen LogP contribution in [-0.4, -0.2) is 40.5 Å². The summed E-state index contributed by atoms with van der Waals surface area (Å²) in [6.07, 6.45) is 3.79. The Kier molecular flexibility index (Phi) is 5.16. The fourth-order valence-corrected chi connectivity index (χ4v) is 3.26. The molecule has 2 atom stereocenters. The Labute approximate surface area is 148 Å². The molecule has 6 heteroatoms. The van der Waals surface area contributed by atoms with Crippen LogP contribution < -0.4 is 10.1 Å². The first-order valence-electron chi connectivity index (χ1n) is 8.58. The van der Waals surface area contributed by atoms with E-state index in [9.17, 15) is 4.79 Å². The van der Waals surface area contributed by atoms with Gasteiger partial charge in [-0.05, 0) is 19.4 Å². The molecular formula is C19H24N4O2. The van der Waals surface area contributed by atoms with Gasteiger partial charge in [-0.25, -0.2) is 9.97 Å². The zero-order valence-electron chi connectivity index (χ0n) is 14.8. The summed E-state index contributed by atoms with van der Waals surface area (Å²) < 4.78 is 5.70. The summed E-state index contributed by atoms with van der Waals surface area (Å²) in [4.78, 5) is 22.7. The molecule has 2 aromatic rings. The van der Waals surface area contributed by atoms with Gasteiger partial charge < -0.3 is 15.0 Å². The average Bonchev–Trinajstić information content (AvgIpc) is 2.89. The highest BCUT2D eigenvalue weighted by Gasteiger charge is 2.38. The summed E-state index contributed by atoms with van der Waals surface area (Å²) in [5.74, 6) is 1.43. The monoisotopic (exact) mass is 340 g/mol. The predicted molar refractivity (Wildman–Crippen MR) is 96.3 cm³/mol. The van der Waals surface area contributed by atoms with Crippen LogP contribution in [0.15, 0.2) is 42.7 Å². The van der Waals surface area contributed by atoms with E-state index in [0.717, 1.165) is 5.56 Å². The van der Waals surface area contributed by atoms with E-state index in [1.54, 1.807) is 12.4 Å². The van der Waals surface area contributed by atoms with Gasteiger partial charge in [0.25, 0.3) is 5.88 Å². The van der Waals surface area contributed by atoms with E-state index in [-0.39, 0.29) is 24.0 Å². The van der Waals surface area contributed by atoms with Gasteiger partial charge in [0.1, 0.15) is 0 Å². The molecule has 1 saturated heterocycles. The second-order valence-corrected chi connectivity index (χ2v) is 6.58. The Hall–Kier alpha value is -2.63. The molecule has 3 rings (SSSR count). The number of likely N-dealkylation sites (tertiary alicyclic amines) is 1. The zero-order chi connectivity index (χ0) is 17.8. The summed E-state index contributed by atoms with van der Waals surface area (Å²) in [6, 6.07) is 10.2. The minimum Gasteiger partial charge on any atom is -0.472 e. The van der Waals surface area contributed by atoms with Gasteiger partial charge in [0.15, 0.2) is 5.82 Å². The molecule has 0 aliphatic carbocycles. The van der Waals surface area contributed by atoms with Crippen molar-refractivity contribution in [2.45, 2.75) is 32.4 Å². The van der Waals surface area contributed by atoms with Crippen LogP contribution >= 0.6 is 0 Å². The Balaban J connectivity index is 1.75. The molecule has 1 aromatic heterocycles. The van der Waals surface area contributed by atoms with Crippen LogP contribution in [-0.2, 0) is 4.79 Å². The molecule has 1 aliphatic rings. The van der Waals surface area contributed by atoms with Gasteiger partial charge in [0, 0.05) is 38.3 Å². The van der Waals surface area contributed by atoms with Crippen LogP contribution in [0, 0.1) is 5.92 Å². The first-order chi connectivity index (χ1) is 12.1. The molecule has 132 valence electrons. The van der Waals surface area contributed by atoms with Crippen LogP contribution in [0.3, 0.4) is 0 Å². The number of carbonyl (C=O) groups is 1. The number of nitrogens with one attached hydrogen (secondary N) is 1. The van der Waals surface area contributed by atoms with Crippen LogP contribution in [0.1, 0.15) is 31.9 Å². The summed E-state index contributed by atoms with van der Waals surface area (Å²) >= 11 is 0. The number of anilines is 1. The molecule has 25 heavy (non-hydrogen) atoms. The predicted octanol–water partition coefficient (Wildman–Crippen LogP) is 2.90. The second kappa shape index (κ2) is 7.51. The van der Waals surface area contributed by atoms with Gasteiger partial charge in [-0.3, -0.25) is 4.79 Å². The molecule has 1 aromatic carbocycles. The summed E-state index contributed by atoms with van der Waals surface area (Å²) in [6.45, 7) is 4.53. The Morgan fingerprint density at radius 1 is 1.24 bits per heavy atom. The molecular weight excluding hydrogens is 316 g/mol. The van der Waals surface area contributed by atoms with Crippen LogP contribution in [0.4, 0.5) is 5.82 Å². The molecule has 0 bridgehead atoms. The molecule has 0 radical (unpaired) electrons. The van der Waals surface area contributed by atoms with E-state index in [4.69, 9.17) is 4.74 Å². The molecule has 1 amide bonds. The standard InChI is InChI=1S/C19H24N4O2/c1-13(2)25-19-18(20-9-10-21-19)22-12-15-11-16(24)23(3)17(15)14-7-5-4-6-8-14/h4-10,13,15,17H,11-12H2,1-3H3,(H,20,22)/t15-,17-/m1/s1. The lowest BCUT2D eigenvalue weighted by Crippen LogP contribution is -2.26. The van der Waals surface area contributed by atoms with Crippen LogP contribution in [0.5, 0.6) is 5.88 Å². The normalized spacial score (nSPS) is 20.2. The van der Waals surface area contributed by atoms with E-state index >= 15 is 0 Å². The highest BCUT2D eigenvalue weighted by atomic mass is 16.5. The molecule has 0 unspecified atom stereocenters. The molecule has 1 fully saturated rings. The molecule has 0 saturated carbocycles. The zero-order valence-corrected chi connectivity index (χ0v) is 14.8. The third-order valence-electron chi connectivity index (χ3n) is 4.38. The second-order valence-electron chi connectivity index (χ2n) is 6.58. The number of carbonyl (C=O) groups excluding carboxylic acids is 1. The molecule has 1 aliphatic heterocycles. The highest BCUT2D eigenvalue weighted by molar-refractivity contribution is 5.79. The Morgan fingerprint density at radius 2 is 1.96 bits per heavy atom. The van der Waals surface area contributed by atoms with Crippen molar-refractivity contribution in [2.24, 2.45) is 5.92 Å². The van der Waals surface area contributed by atoms with Crippen LogP contribution in [0.2, 0.25) is 0 Å². The van der Waals surface area contributed by atoms with Crippen molar-refractivity contribution in [1.29, 1.82) is 0 Å². The first kappa shape index (κ1) is 17.2. The van der Waals surface area contributed by atoms with Crippen molar-refractivity contribution >= 4 is 11.7 Å². The number of ether oxygens (including phenoxy) is 1. The topological polar surface area (TPSA) is 67.4 Å². The van der Waals surface area contributed by atoms with Gasteiger partial charge >= 0.3 is 0 Å². The van der Waals surface area contributed by atoms with Gasteiger partial charge in [0.2, 0.25) is 5.91 Å². The lowest BCUT2D eigenvalue weighted by atomic mass is 9.93. The third-order valence-corrected chi connectivity index (χ3v) is 4.38. The molecule has 1 N–H and O–H groups in total. The molecule has 0 spiro atoms. The fourth-order valence-electron chi connectivity index (χ4n) is 3.26. The van der Waals surface area contributed by atoms with Crippen molar-refractivity contribution in [3.05, 3.63) is 48.3 Å². The number of amides is 1. The minimum absolute atomic E-state index is 0.0218. The maximum Gasteiger partial charge on any atom is 0.257 e. The fraction of sp³-hybridized carbons (Fsp3) is 0.421. The number of hydrogen-bond donors (Lipinski definition) is 1. The van der Waals surface area contributed by atoms with E-state index in [1.165, 1.54) is 0 Å². The maximum absolute atomic E-state index is 12.2. The van der Waals surface area contributed by atoms with Crippen molar-refractivity contribution in [2.75, 3.05) is 18.9 Å². The highest BCUT2D eigenvalue weighted by Crippen LogP contribution is 2.37. The third kappa shape index (κ3) is 3.90. The number of nitrogens with zero attached hydrogens (tertiary/aromatic N) is 3. The summed E-state index contributed by atoms with van der Waals surface area (Å²) in [5.41, 5.74) is 1.15. The quantitative estimate of drug-likeness (QED) is 0.876. The summed E-state index contributed by atoms with van der Waals surface area (Å²) in [7, 11) is 1.87. The maximum atomic E-state index is 12.2. The lowest BCUT2D eigenvalue weighted by Gasteiger charge is -2.26. The smallest absolute Gasteiger partial charge is 0.257 e. The minimum atomic E-state index is 0.0218. The summed E-state index contributed by atoms with van der Waals surface area (Å²) in [5, 5.41) is 3.32. The largest absolute Gasteiger partial charge is 0.472 e. The van der Waals surface area contributed by atoms with Crippen LogP contribution in [0.25, 0.3) is 0 Å². The van der Waals surface area contributed by atoms with Gasteiger partial charge in [-0.1, -0.05) is 30.3 Å². The van der Waals surface area contributed by atoms with Crippen molar-refractivity contribution in [1.82, 2.24) is 14.9 Å². The Bertz CT molecular complexity index is 720. The lowest BCUT2D eigenvalue weighted by molar-refractivity contribution is -0.127.